The quantitative estimate of drug-likeness (QED) is 0.579. The molecule has 9 heteroatoms. The molecule has 8 nitrogen and oxygen atoms in total. The fourth-order valence-corrected chi connectivity index (χ4v) is 3.06. The molecule has 1 N–H and O–H groups in total. The van der Waals surface area contributed by atoms with Gasteiger partial charge in [-0.25, -0.2) is 9.80 Å². The van der Waals surface area contributed by atoms with Crippen molar-refractivity contribution in [3.05, 3.63) is 69.2 Å². The fraction of sp³-hybridized carbons (Fsp3) is 0.263. The minimum atomic E-state index is -0.491. The van der Waals surface area contributed by atoms with E-state index in [9.17, 15) is 14.9 Å². The van der Waals surface area contributed by atoms with Gasteiger partial charge in [0.2, 0.25) is 0 Å². The summed E-state index contributed by atoms with van der Waals surface area (Å²) >= 11 is 5.96. The van der Waals surface area contributed by atoms with Crippen molar-refractivity contribution < 1.29 is 14.5 Å². The van der Waals surface area contributed by atoms with E-state index in [0.29, 0.717) is 23.9 Å². The van der Waals surface area contributed by atoms with Gasteiger partial charge in [0, 0.05) is 42.5 Å². The predicted octanol–water partition coefficient (Wildman–Crippen LogP) is 4.15. The van der Waals surface area contributed by atoms with Crippen LogP contribution in [0.5, 0.6) is 0 Å². The lowest BCUT2D eigenvalue weighted by atomic mass is 9.95. The predicted molar refractivity (Wildman–Crippen MR) is 107 cm³/mol. The number of urea groups is 1. The highest BCUT2D eigenvalue weighted by atomic mass is 35.5. The summed E-state index contributed by atoms with van der Waals surface area (Å²) in [5.74, 6) is 0.0312. The Hall–Kier alpha value is -2.97. The van der Waals surface area contributed by atoms with Gasteiger partial charge in [0.25, 0.3) is 5.69 Å². The first-order valence-corrected chi connectivity index (χ1v) is 9.02. The Balaban J connectivity index is 1.75. The van der Waals surface area contributed by atoms with E-state index in [1.54, 1.807) is 19.2 Å². The van der Waals surface area contributed by atoms with Gasteiger partial charge in [0.15, 0.2) is 0 Å². The van der Waals surface area contributed by atoms with Crippen molar-refractivity contribution in [1.29, 1.82) is 0 Å². The summed E-state index contributed by atoms with van der Waals surface area (Å²) in [7, 11) is 1.63. The maximum atomic E-state index is 12.6. The number of rotatable bonds is 6. The molecule has 1 unspecified atom stereocenters. The maximum absolute atomic E-state index is 12.6. The molecule has 2 aromatic carbocycles. The van der Waals surface area contributed by atoms with Crippen LogP contribution in [0.4, 0.5) is 16.2 Å². The summed E-state index contributed by atoms with van der Waals surface area (Å²) in [5, 5.41) is 19.9. The summed E-state index contributed by atoms with van der Waals surface area (Å²) in [6, 6.07) is 12.6. The number of anilines is 1. The molecule has 146 valence electrons. The first-order valence-electron chi connectivity index (χ1n) is 8.64. The van der Waals surface area contributed by atoms with Crippen molar-refractivity contribution >= 4 is 34.7 Å². The number of non-ortho nitro benzene ring substituents is 1. The zero-order valence-electron chi connectivity index (χ0n) is 15.2. The van der Waals surface area contributed by atoms with Gasteiger partial charge in [-0.1, -0.05) is 23.7 Å². The average molecular weight is 403 g/mol. The van der Waals surface area contributed by atoms with Gasteiger partial charge < -0.3 is 10.1 Å². The van der Waals surface area contributed by atoms with Crippen LogP contribution in [0.15, 0.2) is 53.6 Å². The second-order valence-electron chi connectivity index (χ2n) is 6.29. The summed E-state index contributed by atoms with van der Waals surface area (Å²) in [6.07, 6.45) is 0.721. The van der Waals surface area contributed by atoms with E-state index in [0.717, 1.165) is 17.7 Å². The first kappa shape index (κ1) is 19.8. The summed E-state index contributed by atoms with van der Waals surface area (Å²) in [5.41, 5.74) is 2.12. The van der Waals surface area contributed by atoms with Gasteiger partial charge in [-0.05, 0) is 36.2 Å². The molecule has 0 fully saturated rings. The Kier molecular flexibility index (Phi) is 6.23. The molecule has 3 rings (SSSR count). The number of amides is 2. The van der Waals surface area contributed by atoms with Crippen LogP contribution >= 0.6 is 11.6 Å². The zero-order chi connectivity index (χ0) is 20.1. The van der Waals surface area contributed by atoms with E-state index in [1.165, 1.54) is 29.3 Å². The van der Waals surface area contributed by atoms with Crippen molar-refractivity contribution in [1.82, 2.24) is 5.01 Å². The number of nitrogens with one attached hydrogen (secondary N) is 1. The number of hydrazone groups is 1. The summed E-state index contributed by atoms with van der Waals surface area (Å²) in [6.45, 7) is 0.967. The molecule has 0 spiro atoms. The molecule has 0 radical (unpaired) electrons. The van der Waals surface area contributed by atoms with Crippen LogP contribution in [-0.2, 0) is 4.74 Å². The molecule has 0 saturated carbocycles. The van der Waals surface area contributed by atoms with Crippen LogP contribution in [-0.4, -0.2) is 41.9 Å². The number of hydrogen-bond donors (Lipinski definition) is 1. The van der Waals surface area contributed by atoms with Gasteiger partial charge >= 0.3 is 6.03 Å². The first-order chi connectivity index (χ1) is 13.5. The van der Waals surface area contributed by atoms with Gasteiger partial charge in [0.05, 0.1) is 17.2 Å². The van der Waals surface area contributed by atoms with Crippen LogP contribution in [0.25, 0.3) is 0 Å². The highest BCUT2D eigenvalue weighted by molar-refractivity contribution is 6.30. The molecule has 2 aromatic rings. The summed E-state index contributed by atoms with van der Waals surface area (Å²) < 4.78 is 5.18. The van der Waals surface area contributed by atoms with Crippen LogP contribution in [0.1, 0.15) is 12.0 Å². The Morgan fingerprint density at radius 2 is 1.96 bits per heavy atom. The van der Waals surface area contributed by atoms with Crippen LogP contribution in [0, 0.1) is 16.0 Å². The molecule has 1 heterocycles. The second-order valence-corrected chi connectivity index (χ2v) is 6.72. The number of carbonyl (C=O) groups is 1. The lowest BCUT2D eigenvalue weighted by Gasteiger charge is -2.15. The van der Waals surface area contributed by atoms with Crippen molar-refractivity contribution in [3.8, 4) is 0 Å². The average Bonchev–Trinajstić information content (AvgIpc) is 3.11. The number of nitrogens with zero attached hydrogens (tertiary/aromatic N) is 3. The molecule has 0 saturated heterocycles. The topological polar surface area (TPSA) is 97.1 Å². The molecule has 28 heavy (non-hydrogen) atoms. The fourth-order valence-electron chi connectivity index (χ4n) is 2.93. The number of nitro benzene ring substituents is 1. The maximum Gasteiger partial charge on any atom is 0.342 e. The molecule has 0 aromatic heterocycles. The number of hydrogen-bond acceptors (Lipinski definition) is 5. The monoisotopic (exact) mass is 402 g/mol. The van der Waals surface area contributed by atoms with E-state index >= 15 is 0 Å². The molecular formula is C19H19ClN4O4. The molecule has 1 atom stereocenters. The van der Waals surface area contributed by atoms with Gasteiger partial charge in [-0.3, -0.25) is 10.1 Å². The number of carbonyl (C=O) groups excluding carboxylic acids is 1. The second kappa shape index (κ2) is 8.81. The lowest BCUT2D eigenvalue weighted by Crippen LogP contribution is -2.31. The lowest BCUT2D eigenvalue weighted by molar-refractivity contribution is -0.384. The Labute approximate surface area is 166 Å². The number of benzene rings is 2. The Morgan fingerprint density at radius 3 is 2.57 bits per heavy atom. The number of methoxy groups -OCH3 is 1. The molecule has 0 bridgehead atoms. The van der Waals surface area contributed by atoms with E-state index in [4.69, 9.17) is 16.3 Å². The van der Waals surface area contributed by atoms with E-state index in [2.05, 4.69) is 10.4 Å². The van der Waals surface area contributed by atoms with Crippen LogP contribution in [0.2, 0.25) is 5.02 Å². The standard InChI is InChI=1S/C19H19ClN4O4/c1-28-11-10-14-12-23(22-18(14)13-2-4-15(20)5-3-13)19(25)21-16-6-8-17(9-7-16)24(26)27/h2-9,14H,10-12H2,1H3,(H,21,25). The normalized spacial score (nSPS) is 16.0. The highest BCUT2D eigenvalue weighted by Crippen LogP contribution is 2.25. The minimum Gasteiger partial charge on any atom is -0.385 e. The van der Waals surface area contributed by atoms with Crippen molar-refractivity contribution in [2.45, 2.75) is 6.42 Å². The van der Waals surface area contributed by atoms with Gasteiger partial charge in [0.1, 0.15) is 0 Å². The van der Waals surface area contributed by atoms with E-state index in [-0.39, 0.29) is 11.6 Å². The third-order valence-corrected chi connectivity index (χ3v) is 4.63. The van der Waals surface area contributed by atoms with Crippen molar-refractivity contribution in [3.63, 3.8) is 0 Å². The van der Waals surface area contributed by atoms with Gasteiger partial charge in [-0.15, -0.1) is 0 Å². The third-order valence-electron chi connectivity index (χ3n) is 4.38. The molecule has 1 aliphatic rings. The highest BCUT2D eigenvalue weighted by Gasteiger charge is 2.31. The SMILES string of the molecule is COCCC1CN(C(=O)Nc2ccc([N+](=O)[O-])cc2)N=C1c1ccc(Cl)cc1. The number of halogens is 1. The number of ether oxygens (including phenoxy) is 1. The largest absolute Gasteiger partial charge is 0.385 e. The van der Waals surface area contributed by atoms with Gasteiger partial charge in [-0.2, -0.15) is 5.10 Å². The van der Waals surface area contributed by atoms with E-state index < -0.39 is 11.0 Å². The van der Waals surface area contributed by atoms with Crippen molar-refractivity contribution in [2.75, 3.05) is 25.6 Å². The zero-order valence-corrected chi connectivity index (χ0v) is 15.9. The molecule has 0 aliphatic carbocycles. The Morgan fingerprint density at radius 1 is 1.29 bits per heavy atom. The van der Waals surface area contributed by atoms with Crippen LogP contribution in [0.3, 0.4) is 0 Å². The molecule has 1 aliphatic heterocycles. The van der Waals surface area contributed by atoms with Crippen molar-refractivity contribution in [2.24, 2.45) is 11.0 Å². The number of nitro groups is 1. The van der Waals surface area contributed by atoms with E-state index in [1.807, 2.05) is 12.1 Å². The molecule has 2 amide bonds. The molecular weight excluding hydrogens is 384 g/mol. The smallest absolute Gasteiger partial charge is 0.342 e. The summed E-state index contributed by atoms with van der Waals surface area (Å²) in [4.78, 5) is 22.8. The minimum absolute atomic E-state index is 0.0312. The third kappa shape index (κ3) is 4.65. The van der Waals surface area contributed by atoms with Crippen LogP contribution < -0.4 is 5.32 Å². The Bertz CT molecular complexity index is 884.